The molecular formula is C21H23BrN2O4. The second-order valence-electron chi connectivity index (χ2n) is 6.69. The van der Waals surface area contributed by atoms with Gasteiger partial charge >= 0.3 is 0 Å². The van der Waals surface area contributed by atoms with E-state index < -0.39 is 5.92 Å². The van der Waals surface area contributed by atoms with Gasteiger partial charge in [-0.15, -0.1) is 0 Å². The second kappa shape index (κ2) is 8.65. The van der Waals surface area contributed by atoms with Crippen LogP contribution in [0.1, 0.15) is 24.9 Å². The van der Waals surface area contributed by atoms with Crippen LogP contribution in [0.5, 0.6) is 11.5 Å². The Morgan fingerprint density at radius 2 is 1.96 bits per heavy atom. The topological polar surface area (TPSA) is 67.9 Å². The van der Waals surface area contributed by atoms with Crippen LogP contribution in [-0.4, -0.2) is 32.6 Å². The molecule has 0 saturated carbocycles. The van der Waals surface area contributed by atoms with Crippen LogP contribution in [0.3, 0.4) is 0 Å². The highest BCUT2D eigenvalue weighted by Gasteiger charge is 2.36. The number of carbonyl (C=O) groups is 2. The molecule has 2 aromatic rings. The first-order valence-electron chi connectivity index (χ1n) is 9.01. The summed E-state index contributed by atoms with van der Waals surface area (Å²) in [6, 6.07) is 12.9. The summed E-state index contributed by atoms with van der Waals surface area (Å²) in [7, 11) is 3.12. The molecule has 28 heavy (non-hydrogen) atoms. The molecule has 0 aliphatic carbocycles. The quantitative estimate of drug-likeness (QED) is 0.734. The summed E-state index contributed by atoms with van der Waals surface area (Å²) in [6.07, 6.45) is 0.170. The molecule has 1 fully saturated rings. The van der Waals surface area contributed by atoms with Crippen molar-refractivity contribution in [1.29, 1.82) is 0 Å². The van der Waals surface area contributed by atoms with E-state index in [4.69, 9.17) is 9.47 Å². The van der Waals surface area contributed by atoms with Gasteiger partial charge in [0.1, 0.15) is 11.5 Å². The number of nitrogens with zero attached hydrogens (tertiary/aromatic N) is 1. The van der Waals surface area contributed by atoms with E-state index in [0.717, 1.165) is 10.0 Å². The highest BCUT2D eigenvalue weighted by molar-refractivity contribution is 9.10. The summed E-state index contributed by atoms with van der Waals surface area (Å²) in [6.45, 7) is 2.25. The predicted octanol–water partition coefficient (Wildman–Crippen LogP) is 3.70. The minimum absolute atomic E-state index is 0.0999. The van der Waals surface area contributed by atoms with Crippen LogP contribution in [-0.2, 0) is 9.59 Å². The lowest BCUT2D eigenvalue weighted by molar-refractivity contribution is -0.126. The van der Waals surface area contributed by atoms with Crippen molar-refractivity contribution < 1.29 is 19.1 Å². The van der Waals surface area contributed by atoms with Gasteiger partial charge in [-0.05, 0) is 30.7 Å². The van der Waals surface area contributed by atoms with Gasteiger partial charge in [-0.1, -0.05) is 34.1 Å². The number of ether oxygens (including phenoxy) is 2. The normalized spacial score (nSPS) is 17.4. The first-order valence-corrected chi connectivity index (χ1v) is 9.81. The fraction of sp³-hybridized carbons (Fsp3) is 0.333. The standard InChI is InChI=1S/C21H23BrN2O4/c1-13(16-6-4-5-7-17(16)22)23-21(26)14-10-20(25)24(12-14)18-9-8-15(27-2)11-19(18)28-3/h4-9,11,13-14H,10,12H2,1-3H3,(H,23,26). The van der Waals surface area contributed by atoms with E-state index in [1.807, 2.05) is 31.2 Å². The van der Waals surface area contributed by atoms with Gasteiger partial charge in [0.05, 0.1) is 31.9 Å². The fourth-order valence-corrected chi connectivity index (χ4v) is 3.99. The van der Waals surface area contributed by atoms with Crippen molar-refractivity contribution >= 4 is 33.4 Å². The van der Waals surface area contributed by atoms with Gasteiger partial charge in [-0.3, -0.25) is 9.59 Å². The van der Waals surface area contributed by atoms with Crippen molar-refractivity contribution in [3.05, 3.63) is 52.5 Å². The van der Waals surface area contributed by atoms with Crippen LogP contribution >= 0.6 is 15.9 Å². The third kappa shape index (κ3) is 4.14. The zero-order chi connectivity index (χ0) is 20.3. The number of nitrogens with one attached hydrogen (secondary N) is 1. The summed E-state index contributed by atoms with van der Waals surface area (Å²) in [5.74, 6) is 0.534. The molecule has 0 spiro atoms. The van der Waals surface area contributed by atoms with Crippen molar-refractivity contribution in [1.82, 2.24) is 5.32 Å². The molecule has 0 radical (unpaired) electrons. The maximum Gasteiger partial charge on any atom is 0.227 e. The number of hydrogen-bond acceptors (Lipinski definition) is 4. The lowest BCUT2D eigenvalue weighted by Gasteiger charge is -2.21. The molecule has 2 aromatic carbocycles. The van der Waals surface area contributed by atoms with E-state index in [1.165, 1.54) is 0 Å². The Balaban J connectivity index is 1.72. The molecule has 1 heterocycles. The Hall–Kier alpha value is -2.54. The summed E-state index contributed by atoms with van der Waals surface area (Å²) in [5, 5.41) is 3.02. The highest BCUT2D eigenvalue weighted by Crippen LogP contribution is 2.36. The predicted molar refractivity (Wildman–Crippen MR) is 111 cm³/mol. The maximum atomic E-state index is 12.8. The van der Waals surface area contributed by atoms with Crippen molar-refractivity contribution in [3.8, 4) is 11.5 Å². The number of methoxy groups -OCH3 is 2. The lowest BCUT2D eigenvalue weighted by atomic mass is 10.1. The number of amides is 2. The van der Waals surface area contributed by atoms with E-state index in [1.54, 1.807) is 37.3 Å². The van der Waals surface area contributed by atoms with Gasteiger partial charge in [-0.25, -0.2) is 0 Å². The Labute approximate surface area is 172 Å². The summed E-state index contributed by atoms with van der Waals surface area (Å²) in [5.41, 5.74) is 1.64. The molecule has 0 bridgehead atoms. The molecule has 1 aliphatic heterocycles. The van der Waals surface area contributed by atoms with Crippen LogP contribution in [0.25, 0.3) is 0 Å². The Kier molecular flexibility index (Phi) is 6.24. The molecule has 7 heteroatoms. The van der Waals surface area contributed by atoms with Gasteiger partial charge < -0.3 is 19.7 Å². The van der Waals surface area contributed by atoms with Crippen molar-refractivity contribution in [2.75, 3.05) is 25.7 Å². The second-order valence-corrected chi connectivity index (χ2v) is 7.55. The first-order chi connectivity index (χ1) is 13.4. The van der Waals surface area contributed by atoms with Crippen LogP contribution < -0.4 is 19.7 Å². The third-order valence-electron chi connectivity index (χ3n) is 4.90. The van der Waals surface area contributed by atoms with Gasteiger partial charge in [0, 0.05) is 23.5 Å². The average molecular weight is 447 g/mol. The Bertz CT molecular complexity index is 886. The number of carbonyl (C=O) groups excluding carboxylic acids is 2. The van der Waals surface area contributed by atoms with Crippen molar-refractivity contribution in [2.24, 2.45) is 5.92 Å². The summed E-state index contributed by atoms with van der Waals surface area (Å²) < 4.78 is 11.5. The van der Waals surface area contributed by atoms with E-state index in [9.17, 15) is 9.59 Å². The Morgan fingerprint density at radius 3 is 2.64 bits per heavy atom. The minimum atomic E-state index is -0.413. The molecule has 6 nitrogen and oxygen atoms in total. The molecule has 0 aromatic heterocycles. The van der Waals surface area contributed by atoms with E-state index in [0.29, 0.717) is 23.7 Å². The van der Waals surface area contributed by atoms with Gasteiger partial charge in [0.25, 0.3) is 0 Å². The first kappa shape index (κ1) is 20.2. The molecule has 1 aliphatic rings. The molecule has 1 saturated heterocycles. The molecular weight excluding hydrogens is 424 g/mol. The summed E-state index contributed by atoms with van der Waals surface area (Å²) >= 11 is 3.51. The zero-order valence-electron chi connectivity index (χ0n) is 16.1. The number of anilines is 1. The number of hydrogen-bond donors (Lipinski definition) is 1. The molecule has 2 amide bonds. The van der Waals surface area contributed by atoms with Crippen LogP contribution in [0.15, 0.2) is 46.9 Å². The van der Waals surface area contributed by atoms with Gasteiger partial charge in [0.2, 0.25) is 11.8 Å². The van der Waals surface area contributed by atoms with Crippen LogP contribution in [0, 0.1) is 5.92 Å². The van der Waals surface area contributed by atoms with Crippen molar-refractivity contribution in [3.63, 3.8) is 0 Å². The molecule has 2 atom stereocenters. The zero-order valence-corrected chi connectivity index (χ0v) is 17.7. The number of benzene rings is 2. The van der Waals surface area contributed by atoms with Gasteiger partial charge in [0.15, 0.2) is 0 Å². The summed E-state index contributed by atoms with van der Waals surface area (Å²) in [4.78, 5) is 26.9. The molecule has 148 valence electrons. The monoisotopic (exact) mass is 446 g/mol. The highest BCUT2D eigenvalue weighted by atomic mass is 79.9. The van der Waals surface area contributed by atoms with Crippen molar-refractivity contribution in [2.45, 2.75) is 19.4 Å². The smallest absolute Gasteiger partial charge is 0.227 e. The lowest BCUT2D eigenvalue weighted by Crippen LogP contribution is -2.34. The SMILES string of the molecule is COc1ccc(N2CC(C(=O)NC(C)c3ccccc3Br)CC2=O)c(OC)c1. The van der Waals surface area contributed by atoms with Crippen LogP contribution in [0.2, 0.25) is 0 Å². The molecule has 1 N–H and O–H groups in total. The minimum Gasteiger partial charge on any atom is -0.497 e. The number of rotatable bonds is 6. The Morgan fingerprint density at radius 1 is 1.21 bits per heavy atom. The van der Waals surface area contributed by atoms with Gasteiger partial charge in [-0.2, -0.15) is 0 Å². The maximum absolute atomic E-state index is 12.8. The van der Waals surface area contributed by atoms with E-state index in [-0.39, 0.29) is 24.3 Å². The third-order valence-corrected chi connectivity index (χ3v) is 5.63. The largest absolute Gasteiger partial charge is 0.497 e. The number of halogens is 1. The van der Waals surface area contributed by atoms with Crippen LogP contribution in [0.4, 0.5) is 5.69 Å². The van der Waals surface area contributed by atoms with E-state index in [2.05, 4.69) is 21.2 Å². The fourth-order valence-electron chi connectivity index (χ4n) is 3.36. The molecule has 2 unspecified atom stereocenters. The molecule has 3 rings (SSSR count). The van der Waals surface area contributed by atoms with E-state index >= 15 is 0 Å². The average Bonchev–Trinajstić information content (AvgIpc) is 3.09.